The Morgan fingerprint density at radius 2 is 1.67 bits per heavy atom. The van der Waals surface area contributed by atoms with E-state index in [1.807, 2.05) is 39.8 Å². The molecule has 3 saturated carbocycles. The third-order valence-electron chi connectivity index (χ3n) is 14.2. The molecule has 0 aromatic rings. The molecule has 15 atom stereocenters. The minimum atomic E-state index is -1.54. The summed E-state index contributed by atoms with van der Waals surface area (Å²) in [5, 5.41) is 62.2. The maximum Gasteiger partial charge on any atom is 0.317 e. The second-order valence-electron chi connectivity index (χ2n) is 17.5. The topological polar surface area (TPSA) is 200 Å². The first-order chi connectivity index (χ1) is 23.8. The van der Waals surface area contributed by atoms with Crippen molar-refractivity contribution in [2.75, 3.05) is 6.61 Å². The summed E-state index contributed by atoms with van der Waals surface area (Å²) in [6, 6.07) is 0. The molecular formula is C39H60O12. The summed E-state index contributed by atoms with van der Waals surface area (Å²) in [6.45, 7) is 14.0. The van der Waals surface area contributed by atoms with E-state index in [9.17, 15) is 39.9 Å². The van der Waals surface area contributed by atoms with Crippen molar-refractivity contribution in [2.24, 2.45) is 45.3 Å². The van der Waals surface area contributed by atoms with Gasteiger partial charge in [0.05, 0.1) is 18.8 Å². The fourth-order valence-electron chi connectivity index (χ4n) is 11.5. The van der Waals surface area contributed by atoms with Gasteiger partial charge in [0.15, 0.2) is 6.29 Å². The van der Waals surface area contributed by atoms with Crippen molar-refractivity contribution >= 4 is 18.2 Å². The Morgan fingerprint density at radius 3 is 2.27 bits per heavy atom. The molecule has 288 valence electrons. The highest BCUT2D eigenvalue weighted by atomic mass is 16.7. The molecule has 1 saturated heterocycles. The van der Waals surface area contributed by atoms with Gasteiger partial charge >= 0.3 is 11.9 Å². The van der Waals surface area contributed by atoms with Gasteiger partial charge in [-0.3, -0.25) is 9.59 Å². The molecule has 6 N–H and O–H groups in total. The van der Waals surface area contributed by atoms with E-state index in [0.29, 0.717) is 25.7 Å². The van der Waals surface area contributed by atoms with Gasteiger partial charge < -0.3 is 49.6 Å². The smallest absolute Gasteiger partial charge is 0.317 e. The predicted octanol–water partition coefficient (Wildman–Crippen LogP) is 3.31. The zero-order valence-electron chi connectivity index (χ0n) is 31.2. The lowest BCUT2D eigenvalue weighted by molar-refractivity contribution is -0.308. The highest BCUT2D eigenvalue weighted by molar-refractivity contribution is 5.90. The number of hydrogen-bond donors (Lipinski definition) is 6. The number of hydrogen-bond acceptors (Lipinski definition) is 11. The van der Waals surface area contributed by atoms with Crippen LogP contribution in [0.1, 0.15) is 99.8 Å². The molecule has 0 radical (unpaired) electrons. The van der Waals surface area contributed by atoms with Crippen LogP contribution in [0, 0.1) is 45.3 Å². The van der Waals surface area contributed by atoms with E-state index in [2.05, 4.69) is 20.8 Å². The molecule has 5 rings (SSSR count). The number of aldehydes is 1. The third-order valence-corrected chi connectivity index (χ3v) is 14.2. The molecule has 0 spiro atoms. The highest BCUT2D eigenvalue weighted by Crippen LogP contribution is 2.74. The molecule has 1 aliphatic heterocycles. The first kappa shape index (κ1) is 40.0. The number of allylic oxidation sites excluding steroid dienone is 1. The number of aliphatic hydroxyl groups excluding tert-OH is 5. The Hall–Kier alpha value is -2.19. The quantitative estimate of drug-likeness (QED) is 0.0789. The fraction of sp³-hybridized carbons (Fsp3) is 0.821. The number of esters is 1. The van der Waals surface area contributed by atoms with E-state index in [1.165, 1.54) is 0 Å². The van der Waals surface area contributed by atoms with Crippen molar-refractivity contribution < 1.29 is 59.2 Å². The SMILES string of the molecule is CC(C)=CC(C[C@@H](C)[C@H]1CC[C@@]2(C)[C@@H]3[C@@H](O)C=C4[C@@H](CC[C@H](OC(=O)CC(=O)O)C4(C)C)[C@]3(C=O)CC[C@]12C)O[C@@H]1O[C@H](CO)[C@@H](O)[C@H](O)[C@H]1O. The van der Waals surface area contributed by atoms with Crippen molar-refractivity contribution in [2.45, 2.75) is 149 Å². The Balaban J connectivity index is 1.39. The van der Waals surface area contributed by atoms with Gasteiger partial charge in [0.2, 0.25) is 0 Å². The van der Waals surface area contributed by atoms with Gasteiger partial charge in [0.1, 0.15) is 43.2 Å². The molecule has 4 fully saturated rings. The van der Waals surface area contributed by atoms with Gasteiger partial charge in [-0.2, -0.15) is 0 Å². The van der Waals surface area contributed by atoms with Gasteiger partial charge in [0.25, 0.3) is 0 Å². The number of carboxylic acids is 1. The van der Waals surface area contributed by atoms with E-state index in [-0.39, 0.29) is 34.5 Å². The molecule has 1 heterocycles. The molecule has 0 bridgehead atoms. The van der Waals surface area contributed by atoms with Crippen LogP contribution in [0.25, 0.3) is 0 Å². The summed E-state index contributed by atoms with van der Waals surface area (Å²) < 4.78 is 17.6. The average Bonchev–Trinajstić information content (AvgIpc) is 3.32. The molecule has 5 aliphatic rings. The lowest BCUT2D eigenvalue weighted by Crippen LogP contribution is -2.64. The molecule has 0 aromatic heterocycles. The van der Waals surface area contributed by atoms with Crippen molar-refractivity contribution in [3.05, 3.63) is 23.3 Å². The second kappa shape index (κ2) is 14.6. The Labute approximate surface area is 301 Å². The van der Waals surface area contributed by atoms with Gasteiger partial charge in [-0.25, -0.2) is 0 Å². The van der Waals surface area contributed by atoms with Gasteiger partial charge in [-0.15, -0.1) is 0 Å². The summed E-state index contributed by atoms with van der Waals surface area (Å²) in [5.74, 6) is -2.17. The summed E-state index contributed by atoms with van der Waals surface area (Å²) in [7, 11) is 0. The normalized spacial score (nSPS) is 44.1. The molecular weight excluding hydrogens is 660 g/mol. The molecule has 0 aromatic carbocycles. The monoisotopic (exact) mass is 720 g/mol. The van der Waals surface area contributed by atoms with Gasteiger partial charge in [-0.05, 0) is 87.4 Å². The van der Waals surface area contributed by atoms with Crippen molar-refractivity contribution in [1.82, 2.24) is 0 Å². The van der Waals surface area contributed by atoms with Crippen molar-refractivity contribution in [3.63, 3.8) is 0 Å². The van der Waals surface area contributed by atoms with Crippen LogP contribution in [0.2, 0.25) is 0 Å². The summed E-state index contributed by atoms with van der Waals surface area (Å²) >= 11 is 0. The van der Waals surface area contributed by atoms with E-state index in [0.717, 1.165) is 36.7 Å². The van der Waals surface area contributed by atoms with Crippen LogP contribution in [0.3, 0.4) is 0 Å². The van der Waals surface area contributed by atoms with Crippen LogP contribution >= 0.6 is 0 Å². The van der Waals surface area contributed by atoms with Crippen LogP contribution in [0.15, 0.2) is 23.3 Å². The largest absolute Gasteiger partial charge is 0.481 e. The van der Waals surface area contributed by atoms with E-state index in [1.54, 1.807) is 0 Å². The molecule has 12 heteroatoms. The maximum absolute atomic E-state index is 13.5. The molecule has 0 amide bonds. The summed E-state index contributed by atoms with van der Waals surface area (Å²) in [6.07, 6.45) is 0.202. The number of carboxylic acid groups (broad SMARTS) is 1. The van der Waals surface area contributed by atoms with Crippen LogP contribution in [-0.4, -0.2) is 104 Å². The zero-order chi connectivity index (χ0) is 37.8. The number of carbonyl (C=O) groups is 3. The number of aliphatic carboxylic acids is 1. The Kier molecular flexibility index (Phi) is 11.4. The number of rotatable bonds is 11. The molecule has 1 unspecified atom stereocenters. The van der Waals surface area contributed by atoms with Crippen LogP contribution in [0.5, 0.6) is 0 Å². The molecule has 4 aliphatic carbocycles. The van der Waals surface area contributed by atoms with E-state index in [4.69, 9.17) is 19.3 Å². The number of ether oxygens (including phenoxy) is 3. The minimum absolute atomic E-state index is 0.118. The fourth-order valence-corrected chi connectivity index (χ4v) is 11.5. The second-order valence-corrected chi connectivity index (χ2v) is 17.5. The van der Waals surface area contributed by atoms with Crippen LogP contribution in [-0.2, 0) is 28.6 Å². The Bertz CT molecular complexity index is 1390. The highest BCUT2D eigenvalue weighted by Gasteiger charge is 2.71. The standard InChI is InChI=1S/C39H60O12/c1-20(2)14-22(49-35-33(48)32(47)31(46)27(18-40)50-35)15-21(3)23-10-11-38(7)34-26(42)16-25-24(39(34,19-41)13-12-37(23,38)6)8-9-28(36(25,4)5)51-30(45)17-29(43)44/h14,16,19,21-24,26-28,31-35,40,42,46-48H,8-13,15,17-18H2,1-7H3,(H,43,44)/t21-,22?,23-,24-,26+,27-,28+,31-,32+,33-,34+,35-,37-,38+,39-/m1/s1. The van der Waals surface area contributed by atoms with Crippen LogP contribution < -0.4 is 0 Å². The first-order valence-corrected chi connectivity index (χ1v) is 18.7. The number of fused-ring (bicyclic) bond motifs is 5. The average molecular weight is 721 g/mol. The van der Waals surface area contributed by atoms with E-state index < -0.39 is 84.8 Å². The molecule has 12 nitrogen and oxygen atoms in total. The van der Waals surface area contributed by atoms with Gasteiger partial charge in [-0.1, -0.05) is 57.9 Å². The first-order valence-electron chi connectivity index (χ1n) is 18.7. The van der Waals surface area contributed by atoms with Gasteiger partial charge in [0, 0.05) is 16.7 Å². The van der Waals surface area contributed by atoms with Crippen molar-refractivity contribution in [3.8, 4) is 0 Å². The minimum Gasteiger partial charge on any atom is -0.481 e. The number of carbonyl (C=O) groups excluding carboxylic acids is 2. The van der Waals surface area contributed by atoms with Crippen LogP contribution in [0.4, 0.5) is 0 Å². The lowest BCUT2D eigenvalue weighted by Gasteiger charge is -2.66. The summed E-state index contributed by atoms with van der Waals surface area (Å²) in [5.41, 5.74) is -0.217. The molecule has 51 heavy (non-hydrogen) atoms. The Morgan fingerprint density at radius 1 is 0.980 bits per heavy atom. The zero-order valence-corrected chi connectivity index (χ0v) is 31.2. The predicted molar refractivity (Wildman–Crippen MR) is 185 cm³/mol. The third kappa shape index (κ3) is 6.76. The number of aliphatic hydroxyl groups is 5. The van der Waals surface area contributed by atoms with Crippen molar-refractivity contribution in [1.29, 1.82) is 0 Å². The maximum atomic E-state index is 13.5. The summed E-state index contributed by atoms with van der Waals surface area (Å²) in [4.78, 5) is 37.0. The lowest BCUT2D eigenvalue weighted by atomic mass is 9.38. The van der Waals surface area contributed by atoms with E-state index >= 15 is 0 Å².